The number of rotatable bonds is 4. The Hall–Kier alpha value is -2.46. The maximum atomic E-state index is 11.0. The van der Waals surface area contributed by atoms with Gasteiger partial charge in [-0.1, -0.05) is 36.4 Å². The highest BCUT2D eigenvalue weighted by Gasteiger charge is 2.14. The maximum Gasteiger partial charge on any atom is 0.337 e. The summed E-state index contributed by atoms with van der Waals surface area (Å²) in [5.41, 5.74) is 6.42. The minimum Gasteiger partial charge on any atom is -0.478 e. The number of anilines is 1. The highest BCUT2D eigenvalue weighted by Crippen LogP contribution is 2.30. The number of benzene rings is 2. The van der Waals surface area contributed by atoms with Crippen molar-refractivity contribution in [3.8, 4) is 5.75 Å². The average Bonchev–Trinajstić information content (AvgIpc) is 2.41. The topological polar surface area (TPSA) is 72.5 Å². The molecule has 0 bridgehead atoms. The van der Waals surface area contributed by atoms with Gasteiger partial charge in [-0.15, -0.1) is 0 Å². The van der Waals surface area contributed by atoms with Crippen molar-refractivity contribution in [2.45, 2.75) is 0 Å². The van der Waals surface area contributed by atoms with Crippen LogP contribution in [0, 0.1) is 0 Å². The van der Waals surface area contributed by atoms with Crippen molar-refractivity contribution >= 4 is 29.0 Å². The number of carboxylic acid groups (broad SMARTS) is 1. The number of carbonyl (C=O) groups is 1. The minimum absolute atomic E-state index is 0.0190. The summed E-state index contributed by atoms with van der Waals surface area (Å²) in [5, 5.41) is 9.50. The van der Waals surface area contributed by atoms with Crippen LogP contribution in [0.4, 0.5) is 5.69 Å². The number of ether oxygens (including phenoxy) is 1. The van der Waals surface area contributed by atoms with E-state index < -0.39 is 5.97 Å². The number of hydrogen-bond acceptors (Lipinski definition) is 3. The molecule has 20 heavy (non-hydrogen) atoms. The van der Waals surface area contributed by atoms with Gasteiger partial charge < -0.3 is 15.6 Å². The molecular weight excluding hydrogens is 278 g/mol. The van der Waals surface area contributed by atoms with Crippen LogP contribution in [0.1, 0.15) is 15.9 Å². The van der Waals surface area contributed by atoms with Crippen molar-refractivity contribution < 1.29 is 14.6 Å². The Balaban J connectivity index is 2.32. The van der Waals surface area contributed by atoms with Gasteiger partial charge in [0.2, 0.25) is 0 Å². The number of halogens is 1. The highest BCUT2D eigenvalue weighted by molar-refractivity contribution is 6.32. The molecule has 0 fully saturated rings. The van der Waals surface area contributed by atoms with E-state index in [1.54, 1.807) is 36.4 Å². The first-order chi connectivity index (χ1) is 9.50. The molecule has 5 heteroatoms. The first kappa shape index (κ1) is 14.0. The lowest BCUT2D eigenvalue weighted by Gasteiger charge is -2.13. The molecule has 0 radical (unpaired) electrons. The van der Waals surface area contributed by atoms with Crippen LogP contribution in [0.2, 0.25) is 5.02 Å². The maximum absolute atomic E-state index is 11.0. The molecule has 2 rings (SSSR count). The van der Waals surface area contributed by atoms with Gasteiger partial charge in [0.1, 0.15) is 5.76 Å². The van der Waals surface area contributed by atoms with Crippen LogP contribution >= 0.6 is 11.6 Å². The van der Waals surface area contributed by atoms with Crippen molar-refractivity contribution in [1.29, 1.82) is 0 Å². The summed E-state index contributed by atoms with van der Waals surface area (Å²) in [6.45, 7) is 3.79. The predicted octanol–water partition coefficient (Wildman–Crippen LogP) is 3.67. The molecule has 0 aliphatic rings. The molecular formula is C15H12ClNO3. The van der Waals surface area contributed by atoms with E-state index in [2.05, 4.69) is 6.58 Å². The molecule has 2 aromatic rings. The monoisotopic (exact) mass is 289 g/mol. The molecule has 0 aliphatic heterocycles. The zero-order valence-electron chi connectivity index (χ0n) is 10.5. The Bertz CT molecular complexity index is 683. The summed E-state index contributed by atoms with van der Waals surface area (Å²) in [5.74, 6) is -0.587. The second-order valence-electron chi connectivity index (χ2n) is 4.03. The zero-order chi connectivity index (χ0) is 14.7. The summed E-state index contributed by atoms with van der Waals surface area (Å²) >= 11 is 6.04. The van der Waals surface area contributed by atoms with Gasteiger partial charge in [-0.05, 0) is 24.3 Å². The van der Waals surface area contributed by atoms with Crippen LogP contribution in [0.3, 0.4) is 0 Å². The number of nitrogen functional groups attached to an aromatic ring is 1. The first-order valence-electron chi connectivity index (χ1n) is 5.74. The lowest BCUT2D eigenvalue weighted by Crippen LogP contribution is -2.05. The predicted molar refractivity (Wildman–Crippen MR) is 78.9 cm³/mol. The third-order valence-corrected chi connectivity index (χ3v) is 3.03. The standard InChI is InChI=1S/C15H12ClNO3/c1-9(10-5-2-3-7-12(10)16)20-13-8-4-6-11(14(13)17)15(18)19/h2-8H,1,17H2,(H,18,19). The third kappa shape index (κ3) is 2.75. The number of carboxylic acids is 1. The molecule has 102 valence electrons. The third-order valence-electron chi connectivity index (χ3n) is 2.70. The van der Waals surface area contributed by atoms with Crippen molar-refractivity contribution in [1.82, 2.24) is 0 Å². The second kappa shape index (κ2) is 5.67. The number of hydrogen-bond donors (Lipinski definition) is 2. The SMILES string of the molecule is C=C(Oc1cccc(C(=O)O)c1N)c1ccccc1Cl. The van der Waals surface area contributed by atoms with Gasteiger partial charge in [0.25, 0.3) is 0 Å². The van der Waals surface area contributed by atoms with E-state index in [4.69, 9.17) is 27.2 Å². The molecule has 4 nitrogen and oxygen atoms in total. The first-order valence-corrected chi connectivity index (χ1v) is 6.12. The Morgan fingerprint density at radius 2 is 1.80 bits per heavy atom. The Kier molecular flexibility index (Phi) is 3.96. The number of aromatic carboxylic acids is 1. The van der Waals surface area contributed by atoms with Crippen molar-refractivity contribution in [2.75, 3.05) is 5.73 Å². The Morgan fingerprint density at radius 3 is 2.45 bits per heavy atom. The number of para-hydroxylation sites is 1. The largest absolute Gasteiger partial charge is 0.478 e. The summed E-state index contributed by atoms with van der Waals surface area (Å²) in [4.78, 5) is 11.0. The molecule has 0 unspecified atom stereocenters. The van der Waals surface area contributed by atoms with Crippen LogP contribution in [-0.4, -0.2) is 11.1 Å². The normalized spacial score (nSPS) is 10.1. The fourth-order valence-electron chi connectivity index (χ4n) is 1.69. The second-order valence-corrected chi connectivity index (χ2v) is 4.43. The summed E-state index contributed by atoms with van der Waals surface area (Å²) < 4.78 is 5.54. The van der Waals surface area contributed by atoms with E-state index in [1.807, 2.05) is 0 Å². The van der Waals surface area contributed by atoms with E-state index in [0.29, 0.717) is 16.3 Å². The van der Waals surface area contributed by atoms with E-state index in [0.717, 1.165) is 0 Å². The van der Waals surface area contributed by atoms with Crippen LogP contribution in [0.25, 0.3) is 5.76 Å². The molecule has 0 saturated carbocycles. The van der Waals surface area contributed by atoms with Crippen LogP contribution in [0.5, 0.6) is 5.75 Å². The Labute approximate surface area is 121 Å². The smallest absolute Gasteiger partial charge is 0.337 e. The molecule has 2 aromatic carbocycles. The molecule has 0 aliphatic carbocycles. The lowest BCUT2D eigenvalue weighted by atomic mass is 10.1. The van der Waals surface area contributed by atoms with Crippen molar-refractivity contribution in [3.05, 3.63) is 65.2 Å². The molecule has 0 saturated heterocycles. The van der Waals surface area contributed by atoms with E-state index in [-0.39, 0.29) is 17.0 Å². The van der Waals surface area contributed by atoms with Gasteiger partial charge >= 0.3 is 5.97 Å². The van der Waals surface area contributed by atoms with E-state index >= 15 is 0 Å². The summed E-state index contributed by atoms with van der Waals surface area (Å²) in [6.07, 6.45) is 0. The quantitative estimate of drug-likeness (QED) is 0.665. The van der Waals surface area contributed by atoms with Crippen LogP contribution < -0.4 is 10.5 Å². The highest BCUT2D eigenvalue weighted by atomic mass is 35.5. The molecule has 0 atom stereocenters. The van der Waals surface area contributed by atoms with Gasteiger partial charge in [0, 0.05) is 5.56 Å². The number of nitrogens with two attached hydrogens (primary N) is 1. The van der Waals surface area contributed by atoms with Crippen molar-refractivity contribution in [2.24, 2.45) is 0 Å². The zero-order valence-corrected chi connectivity index (χ0v) is 11.2. The summed E-state index contributed by atoms with van der Waals surface area (Å²) in [7, 11) is 0. The van der Waals surface area contributed by atoms with Gasteiger partial charge in [-0.25, -0.2) is 4.79 Å². The van der Waals surface area contributed by atoms with Gasteiger partial charge in [0.15, 0.2) is 5.75 Å². The average molecular weight is 290 g/mol. The summed E-state index contributed by atoms with van der Waals surface area (Å²) in [6, 6.07) is 11.6. The van der Waals surface area contributed by atoms with Gasteiger partial charge in [0.05, 0.1) is 16.3 Å². The van der Waals surface area contributed by atoms with Gasteiger partial charge in [-0.3, -0.25) is 0 Å². The van der Waals surface area contributed by atoms with Crippen LogP contribution in [0.15, 0.2) is 49.0 Å². The van der Waals surface area contributed by atoms with Crippen molar-refractivity contribution in [3.63, 3.8) is 0 Å². The fourth-order valence-corrected chi connectivity index (χ4v) is 1.94. The van der Waals surface area contributed by atoms with Gasteiger partial charge in [-0.2, -0.15) is 0 Å². The Morgan fingerprint density at radius 1 is 1.15 bits per heavy atom. The molecule has 0 aromatic heterocycles. The lowest BCUT2D eigenvalue weighted by molar-refractivity contribution is 0.0698. The molecule has 0 heterocycles. The minimum atomic E-state index is -1.11. The van der Waals surface area contributed by atoms with E-state index in [9.17, 15) is 4.79 Å². The molecule has 0 spiro atoms. The molecule has 3 N–H and O–H groups in total. The fraction of sp³-hybridized carbons (Fsp3) is 0. The van der Waals surface area contributed by atoms with E-state index in [1.165, 1.54) is 6.07 Å². The van der Waals surface area contributed by atoms with Crippen LogP contribution in [-0.2, 0) is 0 Å². The molecule has 0 amide bonds.